The summed E-state index contributed by atoms with van der Waals surface area (Å²) in [5.74, 6) is 1.40. The van der Waals surface area contributed by atoms with E-state index in [-0.39, 0.29) is 0 Å². The molecule has 108 valence electrons. The first kappa shape index (κ1) is 13.6. The molecule has 0 radical (unpaired) electrons. The van der Waals surface area contributed by atoms with Crippen LogP contribution in [0.15, 0.2) is 24.5 Å². The Morgan fingerprint density at radius 2 is 2.19 bits per heavy atom. The second kappa shape index (κ2) is 5.57. The molecule has 6 nitrogen and oxygen atoms in total. The number of nitrogens with one attached hydrogen (secondary N) is 2. The lowest BCUT2D eigenvalue weighted by molar-refractivity contribution is 0.468. The van der Waals surface area contributed by atoms with Gasteiger partial charge in [0, 0.05) is 6.54 Å². The maximum atomic E-state index is 6.20. The number of hydrogen-bond acceptors (Lipinski definition) is 5. The Hall–Kier alpha value is -2.34. The third kappa shape index (κ3) is 2.75. The number of nitrogens with zero attached hydrogens (tertiary/aromatic N) is 3. The van der Waals surface area contributed by atoms with Crippen molar-refractivity contribution in [2.24, 2.45) is 0 Å². The Labute approximate surface area is 126 Å². The largest absolute Gasteiger partial charge is 0.435 e. The van der Waals surface area contributed by atoms with Gasteiger partial charge in [0.1, 0.15) is 11.3 Å². The van der Waals surface area contributed by atoms with E-state index in [0.717, 1.165) is 5.56 Å². The molecule has 21 heavy (non-hydrogen) atoms. The zero-order valence-electron chi connectivity index (χ0n) is 11.6. The van der Waals surface area contributed by atoms with E-state index >= 15 is 0 Å². The first-order valence-electron chi connectivity index (χ1n) is 6.56. The maximum absolute atomic E-state index is 6.20. The van der Waals surface area contributed by atoms with Crippen LogP contribution in [0, 0.1) is 6.92 Å². The van der Waals surface area contributed by atoms with E-state index in [0.29, 0.717) is 40.3 Å². The van der Waals surface area contributed by atoms with Crippen molar-refractivity contribution in [3.05, 3.63) is 35.1 Å². The number of H-pyrrole nitrogens is 1. The third-order valence-corrected chi connectivity index (χ3v) is 3.18. The van der Waals surface area contributed by atoms with Crippen molar-refractivity contribution >= 4 is 28.7 Å². The Bertz CT molecular complexity index is 786. The van der Waals surface area contributed by atoms with Crippen LogP contribution < -0.4 is 10.1 Å². The van der Waals surface area contributed by atoms with Crippen LogP contribution in [0.4, 0.5) is 5.95 Å². The molecule has 0 atom stereocenters. The third-order valence-electron chi connectivity index (χ3n) is 2.88. The second-order valence-electron chi connectivity index (χ2n) is 4.52. The minimum absolute atomic E-state index is 0.388. The molecule has 0 aliphatic carbocycles. The summed E-state index contributed by atoms with van der Waals surface area (Å²) < 4.78 is 5.83. The van der Waals surface area contributed by atoms with Crippen molar-refractivity contribution in [1.29, 1.82) is 0 Å². The van der Waals surface area contributed by atoms with E-state index < -0.39 is 0 Å². The molecule has 0 saturated carbocycles. The van der Waals surface area contributed by atoms with Crippen molar-refractivity contribution < 1.29 is 4.74 Å². The van der Waals surface area contributed by atoms with E-state index in [1.54, 1.807) is 6.33 Å². The molecule has 0 unspecified atom stereocenters. The molecule has 1 aromatic carbocycles. The minimum Gasteiger partial charge on any atom is -0.435 e. The van der Waals surface area contributed by atoms with Crippen LogP contribution in [0.3, 0.4) is 0 Å². The van der Waals surface area contributed by atoms with E-state index in [4.69, 9.17) is 16.3 Å². The smallest absolute Gasteiger partial charge is 0.250 e. The van der Waals surface area contributed by atoms with Crippen LogP contribution in [0.2, 0.25) is 5.02 Å². The summed E-state index contributed by atoms with van der Waals surface area (Å²) in [6.45, 7) is 4.65. The average Bonchev–Trinajstić information content (AvgIpc) is 2.91. The SMILES string of the molecule is CCNc1nc(Oc2ccc(C)cc2Cl)c2[nH]cnc2n1. The quantitative estimate of drug-likeness (QED) is 0.771. The van der Waals surface area contributed by atoms with Crippen LogP contribution in [0.1, 0.15) is 12.5 Å². The number of rotatable bonds is 4. The van der Waals surface area contributed by atoms with Gasteiger partial charge in [0.15, 0.2) is 5.65 Å². The van der Waals surface area contributed by atoms with Gasteiger partial charge in [0.05, 0.1) is 11.3 Å². The summed E-state index contributed by atoms with van der Waals surface area (Å²) in [4.78, 5) is 15.8. The maximum Gasteiger partial charge on any atom is 0.250 e. The van der Waals surface area contributed by atoms with Gasteiger partial charge in [0.25, 0.3) is 5.88 Å². The van der Waals surface area contributed by atoms with Crippen molar-refractivity contribution in [2.45, 2.75) is 13.8 Å². The molecule has 0 bridgehead atoms. The van der Waals surface area contributed by atoms with Crippen molar-refractivity contribution in [3.8, 4) is 11.6 Å². The zero-order chi connectivity index (χ0) is 14.8. The number of halogens is 1. The Morgan fingerprint density at radius 3 is 2.95 bits per heavy atom. The number of hydrogen-bond donors (Lipinski definition) is 2. The highest BCUT2D eigenvalue weighted by molar-refractivity contribution is 6.32. The number of aromatic nitrogens is 4. The molecule has 2 N–H and O–H groups in total. The highest BCUT2D eigenvalue weighted by Gasteiger charge is 2.13. The zero-order valence-corrected chi connectivity index (χ0v) is 12.4. The van der Waals surface area contributed by atoms with Gasteiger partial charge in [-0.1, -0.05) is 17.7 Å². The lowest BCUT2D eigenvalue weighted by Gasteiger charge is -2.09. The van der Waals surface area contributed by atoms with Gasteiger partial charge in [-0.05, 0) is 31.5 Å². The lowest BCUT2D eigenvalue weighted by Crippen LogP contribution is -2.03. The number of ether oxygens (including phenoxy) is 1. The molecule has 2 aromatic heterocycles. The number of fused-ring (bicyclic) bond motifs is 1. The van der Waals surface area contributed by atoms with Gasteiger partial charge < -0.3 is 15.0 Å². The Kier molecular flexibility index (Phi) is 3.62. The molecule has 7 heteroatoms. The van der Waals surface area contributed by atoms with Gasteiger partial charge in [0.2, 0.25) is 5.95 Å². The minimum atomic E-state index is 0.388. The molecule has 0 aliphatic heterocycles. The Balaban J connectivity index is 2.04. The number of benzene rings is 1. The van der Waals surface area contributed by atoms with Gasteiger partial charge in [-0.15, -0.1) is 0 Å². The van der Waals surface area contributed by atoms with Crippen LogP contribution in [0.5, 0.6) is 11.6 Å². The van der Waals surface area contributed by atoms with Gasteiger partial charge in [-0.3, -0.25) is 0 Å². The van der Waals surface area contributed by atoms with Crippen LogP contribution in [-0.2, 0) is 0 Å². The van der Waals surface area contributed by atoms with Crippen LogP contribution in [0.25, 0.3) is 11.2 Å². The average molecular weight is 304 g/mol. The molecule has 3 rings (SSSR count). The monoisotopic (exact) mass is 303 g/mol. The summed E-state index contributed by atoms with van der Waals surface area (Å²) in [6.07, 6.45) is 1.55. The summed E-state index contributed by atoms with van der Waals surface area (Å²) in [5, 5.41) is 3.58. The van der Waals surface area contributed by atoms with E-state index in [1.807, 2.05) is 32.0 Å². The fourth-order valence-electron chi connectivity index (χ4n) is 1.91. The first-order valence-corrected chi connectivity index (χ1v) is 6.94. The molecule has 0 aliphatic rings. The van der Waals surface area contributed by atoms with E-state index in [9.17, 15) is 0 Å². The highest BCUT2D eigenvalue weighted by atomic mass is 35.5. The molecular formula is C14H14ClN5O. The Morgan fingerprint density at radius 1 is 1.33 bits per heavy atom. The van der Waals surface area contributed by atoms with Gasteiger partial charge in [-0.2, -0.15) is 9.97 Å². The molecule has 0 spiro atoms. The summed E-state index contributed by atoms with van der Waals surface area (Å²) in [7, 11) is 0. The molecule has 0 saturated heterocycles. The number of aryl methyl sites for hydroxylation is 1. The van der Waals surface area contributed by atoms with E-state index in [2.05, 4.69) is 25.3 Å². The van der Waals surface area contributed by atoms with Gasteiger partial charge in [-0.25, -0.2) is 4.98 Å². The topological polar surface area (TPSA) is 75.7 Å². The highest BCUT2D eigenvalue weighted by Crippen LogP contribution is 2.32. The summed E-state index contributed by atoms with van der Waals surface area (Å²) in [6, 6.07) is 5.58. The fraction of sp³-hybridized carbons (Fsp3) is 0.214. The normalized spacial score (nSPS) is 10.8. The van der Waals surface area contributed by atoms with Crippen LogP contribution in [-0.4, -0.2) is 26.5 Å². The molecular weight excluding hydrogens is 290 g/mol. The molecule has 0 amide bonds. The number of imidazole rings is 1. The summed E-state index contributed by atoms with van der Waals surface area (Å²) in [5.41, 5.74) is 2.24. The molecule has 3 aromatic rings. The number of aromatic amines is 1. The molecule has 0 fully saturated rings. The second-order valence-corrected chi connectivity index (χ2v) is 4.93. The van der Waals surface area contributed by atoms with Crippen molar-refractivity contribution in [3.63, 3.8) is 0 Å². The van der Waals surface area contributed by atoms with E-state index in [1.165, 1.54) is 0 Å². The first-order chi connectivity index (χ1) is 10.2. The fourth-order valence-corrected chi connectivity index (χ4v) is 2.18. The van der Waals surface area contributed by atoms with Crippen LogP contribution >= 0.6 is 11.6 Å². The molecule has 2 heterocycles. The van der Waals surface area contributed by atoms with Gasteiger partial charge >= 0.3 is 0 Å². The van der Waals surface area contributed by atoms with Crippen molar-refractivity contribution in [2.75, 3.05) is 11.9 Å². The predicted octanol–water partition coefficient (Wildman–Crippen LogP) is 3.54. The lowest BCUT2D eigenvalue weighted by atomic mass is 10.2. The standard InChI is InChI=1S/C14H14ClN5O/c1-3-16-14-19-12-11(17-7-18-12)13(20-14)21-10-5-4-8(2)6-9(10)15/h4-7H,3H2,1-2H3,(H2,16,17,18,19,20). The van der Waals surface area contributed by atoms with Crippen molar-refractivity contribution in [1.82, 2.24) is 19.9 Å². The predicted molar refractivity (Wildman–Crippen MR) is 82.1 cm³/mol. The summed E-state index contributed by atoms with van der Waals surface area (Å²) >= 11 is 6.20. The number of anilines is 1.